The minimum Gasteiger partial charge on any atom is -0.495 e. The Morgan fingerprint density at radius 2 is 2.16 bits per heavy atom. The molecule has 1 aromatic rings. The number of ether oxygens (including phenoxy) is 1. The van der Waals surface area contributed by atoms with Gasteiger partial charge in [0.1, 0.15) is 10.6 Å². The number of hydrogen-bond acceptors (Lipinski definition) is 4. The predicted molar refractivity (Wildman–Crippen MR) is 75.3 cm³/mol. The maximum Gasteiger partial charge on any atom is 0.244 e. The van der Waals surface area contributed by atoms with E-state index >= 15 is 0 Å². The monoisotopic (exact) mass is 282 g/mol. The number of rotatable bonds is 7. The summed E-state index contributed by atoms with van der Waals surface area (Å²) in [7, 11) is -2.19. The third kappa shape index (κ3) is 4.47. The van der Waals surface area contributed by atoms with Crippen LogP contribution in [0.25, 0.3) is 0 Å². The first-order valence-electron chi connectivity index (χ1n) is 5.88. The van der Waals surface area contributed by atoms with E-state index in [1.54, 1.807) is 0 Å². The van der Waals surface area contributed by atoms with Crippen LogP contribution in [0.5, 0.6) is 5.75 Å². The number of terminal acetylenes is 1. The van der Waals surface area contributed by atoms with Crippen molar-refractivity contribution in [1.29, 1.82) is 0 Å². The summed E-state index contributed by atoms with van der Waals surface area (Å²) in [6, 6.07) is 4.43. The van der Waals surface area contributed by atoms with E-state index in [4.69, 9.17) is 16.9 Å². The van der Waals surface area contributed by atoms with E-state index in [0.29, 0.717) is 25.1 Å². The zero-order chi connectivity index (χ0) is 14.3. The van der Waals surface area contributed by atoms with Crippen molar-refractivity contribution >= 4 is 15.7 Å². The molecule has 0 aromatic heterocycles. The molecular weight excluding hydrogens is 264 g/mol. The van der Waals surface area contributed by atoms with Crippen LogP contribution >= 0.6 is 0 Å². The van der Waals surface area contributed by atoms with Gasteiger partial charge < -0.3 is 10.5 Å². The van der Waals surface area contributed by atoms with Gasteiger partial charge in [-0.05, 0) is 25.0 Å². The Hall–Kier alpha value is -1.71. The second-order valence-corrected chi connectivity index (χ2v) is 5.70. The van der Waals surface area contributed by atoms with Crippen molar-refractivity contribution in [3.05, 3.63) is 18.2 Å². The molecule has 1 aromatic carbocycles. The van der Waals surface area contributed by atoms with Gasteiger partial charge in [-0.3, -0.25) is 0 Å². The number of benzene rings is 1. The highest BCUT2D eigenvalue weighted by molar-refractivity contribution is 7.89. The predicted octanol–water partition coefficient (Wildman–Crippen LogP) is 1.36. The molecule has 5 nitrogen and oxygen atoms in total. The van der Waals surface area contributed by atoms with Crippen LogP contribution in [0.3, 0.4) is 0 Å². The Morgan fingerprint density at radius 3 is 2.79 bits per heavy atom. The minimum atomic E-state index is -3.59. The lowest BCUT2D eigenvalue weighted by molar-refractivity contribution is 0.402. The number of methoxy groups -OCH3 is 1. The van der Waals surface area contributed by atoms with Crippen molar-refractivity contribution in [2.75, 3.05) is 19.4 Å². The minimum absolute atomic E-state index is 0.0844. The van der Waals surface area contributed by atoms with E-state index < -0.39 is 10.0 Å². The summed E-state index contributed by atoms with van der Waals surface area (Å²) in [5, 5.41) is 0. The molecule has 0 aliphatic heterocycles. The van der Waals surface area contributed by atoms with E-state index in [1.807, 2.05) is 0 Å². The van der Waals surface area contributed by atoms with E-state index in [0.717, 1.165) is 6.42 Å². The molecule has 0 saturated carbocycles. The molecule has 19 heavy (non-hydrogen) atoms. The fourth-order valence-electron chi connectivity index (χ4n) is 1.54. The number of anilines is 1. The summed E-state index contributed by atoms with van der Waals surface area (Å²) >= 11 is 0. The van der Waals surface area contributed by atoms with Crippen molar-refractivity contribution in [1.82, 2.24) is 4.72 Å². The van der Waals surface area contributed by atoms with Crippen molar-refractivity contribution in [3.63, 3.8) is 0 Å². The first-order valence-corrected chi connectivity index (χ1v) is 7.36. The molecule has 0 bridgehead atoms. The van der Waals surface area contributed by atoms with E-state index in [9.17, 15) is 8.42 Å². The maximum absolute atomic E-state index is 12.1. The summed E-state index contributed by atoms with van der Waals surface area (Å²) in [6.07, 6.45) is 7.25. The molecule has 0 aliphatic rings. The highest BCUT2D eigenvalue weighted by Gasteiger charge is 2.18. The van der Waals surface area contributed by atoms with Crippen molar-refractivity contribution in [3.8, 4) is 18.1 Å². The van der Waals surface area contributed by atoms with Crippen LogP contribution in [0, 0.1) is 12.3 Å². The Morgan fingerprint density at radius 1 is 1.42 bits per heavy atom. The molecule has 6 heteroatoms. The van der Waals surface area contributed by atoms with Crippen molar-refractivity contribution < 1.29 is 13.2 Å². The fraction of sp³-hybridized carbons (Fsp3) is 0.385. The Balaban J connectivity index is 2.75. The van der Waals surface area contributed by atoms with Gasteiger partial charge >= 0.3 is 0 Å². The summed E-state index contributed by atoms with van der Waals surface area (Å²) in [6.45, 7) is 0.345. The van der Waals surface area contributed by atoms with Gasteiger partial charge in [0.15, 0.2) is 0 Å². The number of unbranched alkanes of at least 4 members (excludes halogenated alkanes) is 2. The molecule has 0 unspecified atom stereocenters. The zero-order valence-corrected chi connectivity index (χ0v) is 11.7. The first-order chi connectivity index (χ1) is 9.01. The highest BCUT2D eigenvalue weighted by atomic mass is 32.2. The lowest BCUT2D eigenvalue weighted by Crippen LogP contribution is -2.25. The van der Waals surface area contributed by atoms with Crippen LogP contribution in [0.1, 0.15) is 19.3 Å². The maximum atomic E-state index is 12.1. The second-order valence-electron chi connectivity index (χ2n) is 3.97. The normalized spacial score (nSPS) is 10.9. The molecule has 0 aliphatic carbocycles. The molecule has 0 saturated heterocycles. The molecule has 1 rings (SSSR count). The van der Waals surface area contributed by atoms with Crippen LogP contribution in [0.2, 0.25) is 0 Å². The molecule has 3 N–H and O–H groups in total. The highest BCUT2D eigenvalue weighted by Crippen LogP contribution is 2.25. The third-order valence-corrected chi connectivity index (χ3v) is 4.02. The number of sulfonamides is 1. The number of nitrogen functional groups attached to an aromatic ring is 1. The molecule has 0 radical (unpaired) electrons. The lowest BCUT2D eigenvalue weighted by atomic mass is 10.2. The Kier molecular flexibility index (Phi) is 5.67. The van der Waals surface area contributed by atoms with Crippen LogP contribution in [0.15, 0.2) is 23.1 Å². The third-order valence-electron chi connectivity index (χ3n) is 2.52. The molecule has 0 atom stereocenters. The van der Waals surface area contributed by atoms with Crippen LogP contribution < -0.4 is 15.2 Å². The van der Waals surface area contributed by atoms with Crippen LogP contribution in [-0.4, -0.2) is 22.1 Å². The summed E-state index contributed by atoms with van der Waals surface area (Å²) in [5.41, 5.74) is 6.04. The van der Waals surface area contributed by atoms with Gasteiger partial charge in [-0.1, -0.05) is 0 Å². The van der Waals surface area contributed by atoms with Crippen LogP contribution in [-0.2, 0) is 10.0 Å². The smallest absolute Gasteiger partial charge is 0.244 e. The molecule has 0 amide bonds. The van der Waals surface area contributed by atoms with E-state index in [-0.39, 0.29) is 10.6 Å². The second kappa shape index (κ2) is 7.02. The quantitative estimate of drug-likeness (QED) is 0.449. The standard InChI is InChI=1S/C13H18N2O3S/c1-3-4-5-6-9-15-19(16,17)13-8-7-11(14)10-12(13)18-2/h1,7-8,10,15H,4-6,9,14H2,2H3. The molecule has 0 heterocycles. The summed E-state index contributed by atoms with van der Waals surface area (Å²) in [5.74, 6) is 2.74. The van der Waals surface area contributed by atoms with Gasteiger partial charge in [0.05, 0.1) is 7.11 Å². The number of nitrogens with one attached hydrogen (secondary N) is 1. The van der Waals surface area contributed by atoms with Gasteiger partial charge in [0, 0.05) is 24.7 Å². The Bertz CT molecular complexity index is 562. The lowest BCUT2D eigenvalue weighted by Gasteiger charge is -2.11. The van der Waals surface area contributed by atoms with Gasteiger partial charge in [-0.2, -0.15) is 0 Å². The molecule has 0 spiro atoms. The van der Waals surface area contributed by atoms with Crippen molar-refractivity contribution in [2.45, 2.75) is 24.2 Å². The number of hydrogen-bond donors (Lipinski definition) is 2. The summed E-state index contributed by atoms with van der Waals surface area (Å²) < 4.78 is 31.7. The fourth-order valence-corrected chi connectivity index (χ4v) is 2.77. The van der Waals surface area contributed by atoms with Crippen LogP contribution in [0.4, 0.5) is 5.69 Å². The summed E-state index contributed by atoms with van der Waals surface area (Å²) in [4.78, 5) is 0.0844. The largest absolute Gasteiger partial charge is 0.495 e. The average molecular weight is 282 g/mol. The Labute approximate surface area is 114 Å². The first kappa shape index (κ1) is 15.3. The van der Waals surface area contributed by atoms with Gasteiger partial charge in [0.25, 0.3) is 0 Å². The van der Waals surface area contributed by atoms with Gasteiger partial charge in [0.2, 0.25) is 10.0 Å². The SMILES string of the molecule is C#CCCCCNS(=O)(=O)c1ccc(N)cc1OC. The topological polar surface area (TPSA) is 81.4 Å². The zero-order valence-electron chi connectivity index (χ0n) is 10.8. The average Bonchev–Trinajstić information content (AvgIpc) is 2.38. The molecule has 0 fully saturated rings. The molecular formula is C13H18N2O3S. The van der Waals surface area contributed by atoms with E-state index in [2.05, 4.69) is 10.6 Å². The molecule has 104 valence electrons. The van der Waals surface area contributed by atoms with Gasteiger partial charge in [-0.15, -0.1) is 12.3 Å². The van der Waals surface area contributed by atoms with Gasteiger partial charge in [-0.25, -0.2) is 13.1 Å². The van der Waals surface area contributed by atoms with E-state index in [1.165, 1.54) is 25.3 Å². The number of nitrogens with two attached hydrogens (primary N) is 1. The van der Waals surface area contributed by atoms with Crippen molar-refractivity contribution in [2.24, 2.45) is 0 Å².